The first-order valence-electron chi connectivity index (χ1n) is 7.36. The third-order valence-electron chi connectivity index (χ3n) is 4.18. The lowest BCUT2D eigenvalue weighted by Gasteiger charge is -2.13. The second-order valence-corrected chi connectivity index (χ2v) is 5.64. The Bertz CT molecular complexity index is 1260. The van der Waals surface area contributed by atoms with Crippen LogP contribution in [0.5, 0.6) is 0 Å². The first-order chi connectivity index (χ1) is 12.3. The molecule has 0 saturated carbocycles. The fourth-order valence-electron chi connectivity index (χ4n) is 3.16. The van der Waals surface area contributed by atoms with E-state index < -0.39 is 23.3 Å². The van der Waals surface area contributed by atoms with Crippen LogP contribution in [0.3, 0.4) is 0 Å². The Morgan fingerprint density at radius 1 is 1.19 bits per heavy atom. The molecule has 26 heavy (non-hydrogen) atoms. The van der Waals surface area contributed by atoms with Crippen LogP contribution in [-0.4, -0.2) is 26.6 Å². The van der Waals surface area contributed by atoms with Gasteiger partial charge in [-0.3, -0.25) is 4.79 Å². The molecule has 1 amide bonds. The zero-order valence-corrected chi connectivity index (χ0v) is 12.9. The minimum absolute atomic E-state index is 0.111. The molecule has 0 spiro atoms. The maximum atomic E-state index is 13.5. The van der Waals surface area contributed by atoms with Crippen LogP contribution in [0.2, 0.25) is 0 Å². The highest BCUT2D eigenvalue weighted by atomic mass is 19.4. The molecule has 0 radical (unpaired) electrons. The highest BCUT2D eigenvalue weighted by Gasteiger charge is 2.40. The predicted molar refractivity (Wildman–Crippen MR) is 86.5 cm³/mol. The summed E-state index contributed by atoms with van der Waals surface area (Å²) in [7, 11) is 0. The molecule has 4 rings (SSSR count). The number of hydrogen-bond donors (Lipinski definition) is 2. The van der Waals surface area contributed by atoms with Gasteiger partial charge < -0.3 is 10.7 Å². The number of aromatic nitrogens is 3. The fourth-order valence-corrected chi connectivity index (χ4v) is 3.16. The number of alkyl halides is 3. The third kappa shape index (κ3) is 2.11. The quantitative estimate of drug-likeness (QED) is 0.573. The van der Waals surface area contributed by atoms with Gasteiger partial charge in [-0.2, -0.15) is 18.3 Å². The number of primary amides is 1. The summed E-state index contributed by atoms with van der Waals surface area (Å²) in [6.07, 6.45) is -4.04. The maximum absolute atomic E-state index is 13.5. The molecule has 0 bridgehead atoms. The molecule has 2 heterocycles. The van der Waals surface area contributed by atoms with Gasteiger partial charge in [0.25, 0.3) is 5.91 Å². The second kappa shape index (κ2) is 5.21. The van der Waals surface area contributed by atoms with Gasteiger partial charge in [-0.25, -0.2) is 9.48 Å². The molecule has 0 fully saturated rings. The summed E-state index contributed by atoms with van der Waals surface area (Å²) < 4.78 is 41.3. The molecule has 2 aromatic carbocycles. The number of nitrogens with zero attached hydrogens (tertiary/aromatic N) is 2. The van der Waals surface area contributed by atoms with Crippen LogP contribution in [0.15, 0.2) is 36.5 Å². The Morgan fingerprint density at radius 3 is 2.58 bits per heavy atom. The van der Waals surface area contributed by atoms with Crippen LogP contribution in [0.25, 0.3) is 27.4 Å². The van der Waals surface area contributed by atoms with Crippen molar-refractivity contribution in [1.29, 1.82) is 0 Å². The summed E-state index contributed by atoms with van der Waals surface area (Å²) in [4.78, 5) is 25.4. The van der Waals surface area contributed by atoms with Gasteiger partial charge in [-0.1, -0.05) is 18.2 Å². The van der Waals surface area contributed by atoms with E-state index in [0.29, 0.717) is 26.4 Å². The molecule has 9 heteroatoms. The Balaban J connectivity index is 2.13. The Morgan fingerprint density at radius 2 is 1.92 bits per heavy atom. The maximum Gasteiger partial charge on any atom is 0.434 e. The number of rotatable bonds is 2. The lowest BCUT2D eigenvalue weighted by molar-refractivity contribution is -0.143. The Labute approximate surface area is 142 Å². The zero-order valence-electron chi connectivity index (χ0n) is 12.9. The molecule has 0 aliphatic heterocycles. The van der Waals surface area contributed by atoms with E-state index in [0.717, 1.165) is 6.20 Å². The predicted octanol–water partition coefficient (Wildman–Crippen LogP) is 1.85. The van der Waals surface area contributed by atoms with Crippen molar-refractivity contribution < 1.29 is 22.8 Å². The van der Waals surface area contributed by atoms with Gasteiger partial charge in [0.2, 0.25) is 0 Å². The smallest absolute Gasteiger partial charge is 0.365 e. The number of H-pyrrole nitrogens is 1. The number of carbonyl (C=O) groups is 1. The molecule has 0 saturated heterocycles. The summed E-state index contributed by atoms with van der Waals surface area (Å²) in [5.41, 5.74) is 3.79. The van der Waals surface area contributed by atoms with Crippen LogP contribution < -0.4 is 11.1 Å². The van der Waals surface area contributed by atoms with Crippen molar-refractivity contribution in [2.75, 3.05) is 0 Å². The molecule has 6 nitrogen and oxygen atoms in total. The second-order valence-electron chi connectivity index (χ2n) is 5.64. The number of nitrogens with two attached hydrogens (primary N) is 1. The van der Waals surface area contributed by atoms with E-state index in [9.17, 15) is 22.8 Å². The van der Waals surface area contributed by atoms with Crippen molar-refractivity contribution in [3.63, 3.8) is 0 Å². The lowest BCUT2D eigenvalue weighted by Crippen LogP contribution is -2.20. The zero-order chi connectivity index (χ0) is 18.6. The minimum Gasteiger partial charge on any atom is -0.365 e. The first kappa shape index (κ1) is 15.9. The number of hydrogen-bond acceptors (Lipinski definition) is 3. The van der Waals surface area contributed by atoms with Crippen LogP contribution >= 0.6 is 0 Å². The number of halogens is 3. The average molecular weight is 358 g/mol. The molecule has 0 atom stereocenters. The van der Waals surface area contributed by atoms with Crippen molar-refractivity contribution in [2.45, 2.75) is 6.18 Å². The highest BCUT2D eigenvalue weighted by molar-refractivity contribution is 6.13. The van der Waals surface area contributed by atoms with Crippen molar-refractivity contribution in [2.24, 2.45) is 5.73 Å². The van der Waals surface area contributed by atoms with Crippen molar-refractivity contribution >= 4 is 33.5 Å². The van der Waals surface area contributed by atoms with Gasteiger partial charge in [0.1, 0.15) is 5.35 Å². The summed E-state index contributed by atoms with van der Waals surface area (Å²) in [6.45, 7) is 0. The molecule has 3 N–H and O–H groups in total. The number of carbonyl (C=O) groups excluding carboxylic acids is 2. The monoisotopic (exact) mass is 358 g/mol. The van der Waals surface area contributed by atoms with Crippen LogP contribution in [-0.2, 0) is 11.0 Å². The number of nitrogens with one attached hydrogen (secondary N) is 1. The topological polar surface area (TPSA) is 93.8 Å². The van der Waals surface area contributed by atoms with Crippen LogP contribution in [0.4, 0.5) is 13.2 Å². The normalized spacial score (nSPS) is 12.0. The Hall–Kier alpha value is -3.58. The summed E-state index contributed by atoms with van der Waals surface area (Å²) in [6, 6.07) is 7.85. The van der Waals surface area contributed by atoms with Gasteiger partial charge in [0.15, 0.2) is 11.6 Å². The number of amides is 1. The summed E-state index contributed by atoms with van der Waals surface area (Å²) >= 11 is 0. The SMILES string of the molecule is NC(=O)c1cnn(-c2ccc3[nH]c(=C=O)c4cccc2c34)c1C(F)(F)F. The lowest BCUT2D eigenvalue weighted by atomic mass is 10.1. The molecule has 0 aliphatic carbocycles. The first-order valence-corrected chi connectivity index (χ1v) is 7.36. The van der Waals surface area contributed by atoms with E-state index >= 15 is 0 Å². The molecule has 4 aromatic rings. The number of benzene rings is 2. The van der Waals surface area contributed by atoms with Crippen molar-refractivity contribution in [1.82, 2.24) is 14.8 Å². The fraction of sp³-hybridized carbons (Fsp3) is 0.0588. The van der Waals surface area contributed by atoms with E-state index in [4.69, 9.17) is 5.73 Å². The average Bonchev–Trinajstić information content (AvgIpc) is 3.18. The molecular formula is C17H9F3N4O2. The van der Waals surface area contributed by atoms with E-state index in [1.54, 1.807) is 24.1 Å². The van der Waals surface area contributed by atoms with E-state index in [2.05, 4.69) is 10.1 Å². The van der Waals surface area contributed by atoms with Gasteiger partial charge in [-0.05, 0) is 12.1 Å². The molecule has 130 valence electrons. The minimum atomic E-state index is -4.84. The van der Waals surface area contributed by atoms with Gasteiger partial charge in [0.05, 0.1) is 17.4 Å². The molecule has 0 aliphatic rings. The van der Waals surface area contributed by atoms with Crippen molar-refractivity contribution in [3.8, 4) is 5.69 Å². The Kier molecular flexibility index (Phi) is 3.19. The molecule has 0 unspecified atom stereocenters. The van der Waals surface area contributed by atoms with E-state index in [1.807, 2.05) is 0 Å². The van der Waals surface area contributed by atoms with Crippen LogP contribution in [0.1, 0.15) is 16.1 Å². The molecule has 2 aromatic heterocycles. The third-order valence-corrected chi connectivity index (χ3v) is 4.18. The highest BCUT2D eigenvalue weighted by Crippen LogP contribution is 2.36. The van der Waals surface area contributed by atoms with Gasteiger partial charge in [0, 0.05) is 21.7 Å². The summed E-state index contributed by atoms with van der Waals surface area (Å²) in [5.74, 6) is 0.557. The van der Waals surface area contributed by atoms with E-state index in [-0.39, 0.29) is 11.0 Å². The number of aromatic amines is 1. The van der Waals surface area contributed by atoms with Crippen LogP contribution in [0, 0.1) is 0 Å². The largest absolute Gasteiger partial charge is 0.434 e. The molecular weight excluding hydrogens is 349 g/mol. The van der Waals surface area contributed by atoms with Gasteiger partial charge in [-0.15, -0.1) is 0 Å². The van der Waals surface area contributed by atoms with Gasteiger partial charge >= 0.3 is 6.18 Å². The van der Waals surface area contributed by atoms with Crippen molar-refractivity contribution in [3.05, 3.63) is 53.1 Å². The van der Waals surface area contributed by atoms with E-state index in [1.165, 1.54) is 12.1 Å². The summed E-state index contributed by atoms with van der Waals surface area (Å²) in [5, 5.41) is 5.48. The standard InChI is InChI=1S/C17H9F3N4O2/c18-17(19,20)15-10(16(21)26)6-22-24(15)13-5-4-11-14-8(12(7-25)23-11)2-1-3-9(13)14/h1-6,23H,(H2,21,26).